The van der Waals surface area contributed by atoms with Gasteiger partial charge in [0.25, 0.3) is 11.7 Å². The van der Waals surface area contributed by atoms with Crippen LogP contribution in [0, 0.1) is 42.3 Å². The molecule has 1 saturated carbocycles. The van der Waals surface area contributed by atoms with Crippen LogP contribution in [0.1, 0.15) is 134 Å². The number of phenols is 1. The normalized spacial score (nSPS) is 29.7. The first-order valence-corrected chi connectivity index (χ1v) is 28.2. The molecular weight excluding hydrogens is 1100 g/mol. The number of allylic oxidation sites excluding steroid dienone is 4. The average Bonchev–Trinajstić information content (AvgIpc) is 2.31. The van der Waals surface area contributed by atoms with E-state index in [1.165, 1.54) is 59.2 Å². The maximum Gasteiger partial charge on any atom is 0.341 e. The number of esters is 1. The maximum absolute atomic E-state index is 16.0. The molecule has 444 valence electrons. The van der Waals surface area contributed by atoms with Gasteiger partial charge in [-0.15, -0.1) is 0 Å². The van der Waals surface area contributed by atoms with Gasteiger partial charge >= 0.3 is 17.7 Å². The lowest BCUT2D eigenvalue weighted by Crippen LogP contribution is -2.47. The molecule has 5 aliphatic heterocycles. The van der Waals surface area contributed by atoms with E-state index in [-0.39, 0.29) is 101 Å². The number of carbonyl (C=O) groups excluding carboxylic acids is 6. The summed E-state index contributed by atoms with van der Waals surface area (Å²) in [5.74, 6) is -13.3. The molecule has 7 aliphatic rings. The number of fused-ring (bicyclic) bond motifs is 15. The van der Waals surface area contributed by atoms with Gasteiger partial charge in [0, 0.05) is 106 Å². The number of ether oxygens (including phenoxy) is 4. The summed E-state index contributed by atoms with van der Waals surface area (Å²) in [7, 11) is 1.40. The van der Waals surface area contributed by atoms with E-state index in [2.05, 4.69) is 10.6 Å². The highest BCUT2D eigenvalue weighted by molar-refractivity contribution is 6.38. The number of Topliss-reactive ketones (excluding diaryl/α,β-unsaturated/α-hetero) is 3. The molecule has 3 aromatic rings. The molecule has 1 aromatic heterocycles. The number of anilines is 1. The average molecular weight is 1170 g/mol. The number of hydrogen-bond acceptors (Lipinski definition) is 17. The third-order valence-electron chi connectivity index (χ3n) is 17.3. The molecule has 0 radical (unpaired) electrons. The van der Waals surface area contributed by atoms with Gasteiger partial charge in [0.15, 0.2) is 0 Å². The molecular formula is C60H69ClFN5O16. The van der Waals surface area contributed by atoms with E-state index in [4.69, 9.17) is 30.5 Å². The van der Waals surface area contributed by atoms with Gasteiger partial charge in [0.05, 0.1) is 62.9 Å². The Labute approximate surface area is 482 Å². The number of carboxylic acids is 1. The minimum absolute atomic E-state index is 0.000685. The number of aromatic hydroxyl groups is 1. The number of ketones is 3. The third-order valence-corrected chi connectivity index (χ3v) is 17.7. The monoisotopic (exact) mass is 1170 g/mol. The number of benzene rings is 2. The Balaban J connectivity index is 1.00. The standard InChI is InChI=1S/C60H69ClFN5O16/c1-26-11-10-12-27(2)57(76)64-44-47(65-19-15-33(16-20-65)58(77)63-34-17-21-66(24-34)46-38(62)23-36-45(43(46)61)67(35-13-14-35)25-37(51(36)72)59(78)79)53(74)40-41(52(44)73)50(71)31(6)55-42(40)56(75)60(8,83-55)81-22-18-39(80-9)28(3)54(82-32(7)68)30(5)49(70)29(4)48(26)69/h10-12,18,22-23,25-26,28-30,33-35,39,48-49,54,69-71H,13-17,19-21,24H2,1-9H3,(H,63,77)(H,64,76)(H,78,79)/b11-10+,22-18+,27-12-/t26-,28+,29+,30+,34?,39-,48-,49+,54+,60-/m0/s1. The van der Waals surface area contributed by atoms with Gasteiger partial charge in [-0.1, -0.05) is 57.5 Å². The summed E-state index contributed by atoms with van der Waals surface area (Å²) in [6, 6.07) is 0.434. The Bertz CT molecular complexity index is 3430. The highest BCUT2D eigenvalue weighted by Crippen LogP contribution is 2.50. The quantitative estimate of drug-likeness (QED) is 0.137. The van der Waals surface area contributed by atoms with Crippen LogP contribution in [0.4, 0.5) is 10.1 Å². The molecule has 21 nitrogen and oxygen atoms in total. The van der Waals surface area contributed by atoms with Crippen LogP contribution in [0.3, 0.4) is 0 Å². The van der Waals surface area contributed by atoms with Crippen LogP contribution in [0.5, 0.6) is 11.5 Å². The number of aromatic carboxylic acids is 1. The summed E-state index contributed by atoms with van der Waals surface area (Å²) >= 11 is 6.91. The number of rotatable bonds is 8. The first-order valence-electron chi connectivity index (χ1n) is 27.8. The van der Waals surface area contributed by atoms with Gasteiger partial charge in [-0.05, 0) is 58.1 Å². The Hall–Kier alpha value is -7.40. The number of piperidine rings is 1. The predicted octanol–water partition coefficient (Wildman–Crippen LogP) is 6.21. The van der Waals surface area contributed by atoms with Gasteiger partial charge in [0.1, 0.15) is 40.4 Å². The molecule has 0 spiro atoms. The SMILES string of the molecule is CO[C@H]1/C=C/O[C@@]2(C)Oc3c(C)c(O)c4c(c3C2=O)C(=O)C(N2CCC(C(=O)NC3CCN(c5c(F)cc6c(=O)c(C(=O)O)cn(C7CC7)c6c5Cl)C3)CC2)=C(NC(=O)/C(C)=C\C=C\[C@H](C)[C@H](O)[C@@H](C)[C@@H](O)[C@@H](C)[C@H](OC(C)=O)[C@@H]1C)C4=O. The second-order valence-corrected chi connectivity index (χ2v) is 23.3. The van der Waals surface area contributed by atoms with E-state index in [0.717, 1.165) is 25.2 Å². The van der Waals surface area contributed by atoms with Crippen LogP contribution in [-0.4, -0.2) is 141 Å². The van der Waals surface area contributed by atoms with Crippen molar-refractivity contribution in [3.8, 4) is 11.5 Å². The van der Waals surface area contributed by atoms with Crippen molar-refractivity contribution in [2.24, 2.45) is 29.6 Å². The molecule has 2 amide bonds. The summed E-state index contributed by atoms with van der Waals surface area (Å²) in [6.45, 7) is 12.6. The largest absolute Gasteiger partial charge is 0.507 e. The molecule has 83 heavy (non-hydrogen) atoms. The highest BCUT2D eigenvalue weighted by Gasteiger charge is 2.53. The molecule has 2 saturated heterocycles. The van der Waals surface area contributed by atoms with Gasteiger partial charge in [-0.25, -0.2) is 9.18 Å². The predicted molar refractivity (Wildman–Crippen MR) is 300 cm³/mol. The van der Waals surface area contributed by atoms with E-state index >= 15 is 14.0 Å². The number of nitrogens with one attached hydrogen (secondary N) is 2. The Morgan fingerprint density at radius 1 is 0.892 bits per heavy atom. The summed E-state index contributed by atoms with van der Waals surface area (Å²) in [5.41, 5.74) is -3.28. The molecule has 23 heteroatoms. The molecule has 2 aliphatic carbocycles. The summed E-state index contributed by atoms with van der Waals surface area (Å²) in [5, 5.41) is 50.2. The van der Waals surface area contributed by atoms with Crippen LogP contribution in [0.25, 0.3) is 10.9 Å². The number of likely N-dealkylation sites (tertiary alicyclic amines) is 1. The number of nitrogens with zero attached hydrogens (tertiary/aromatic N) is 3. The number of aliphatic hydroxyl groups is 2. The fourth-order valence-electron chi connectivity index (χ4n) is 12.3. The maximum atomic E-state index is 16.0. The van der Waals surface area contributed by atoms with E-state index in [1.54, 1.807) is 48.1 Å². The Kier molecular flexibility index (Phi) is 16.9. The molecule has 6 heterocycles. The lowest BCUT2D eigenvalue weighted by Gasteiger charge is -2.38. The van der Waals surface area contributed by atoms with Crippen molar-refractivity contribution < 1.29 is 77.3 Å². The number of carboxylic acid groups (broad SMARTS) is 1. The van der Waals surface area contributed by atoms with Crippen molar-refractivity contribution in [2.75, 3.05) is 38.2 Å². The van der Waals surface area contributed by atoms with Gasteiger partial charge in [-0.2, -0.15) is 0 Å². The van der Waals surface area contributed by atoms with Crippen LogP contribution >= 0.6 is 11.6 Å². The van der Waals surface area contributed by atoms with Crippen molar-refractivity contribution in [3.05, 3.63) is 109 Å². The molecule has 10 rings (SSSR count). The van der Waals surface area contributed by atoms with E-state index in [1.807, 2.05) is 0 Å². The Morgan fingerprint density at radius 3 is 2.20 bits per heavy atom. The molecule has 10 atom stereocenters. The fourth-order valence-corrected chi connectivity index (χ4v) is 12.7. The number of phenolic OH excluding ortho intramolecular Hbond substituents is 1. The third kappa shape index (κ3) is 11.1. The zero-order valence-corrected chi connectivity index (χ0v) is 48.3. The molecule has 1 unspecified atom stereocenters. The lowest BCUT2D eigenvalue weighted by molar-refractivity contribution is -0.160. The minimum Gasteiger partial charge on any atom is -0.507 e. The van der Waals surface area contributed by atoms with Gasteiger partial charge in [-0.3, -0.25) is 33.6 Å². The topological polar surface area (TPSA) is 290 Å². The number of halogens is 2. The van der Waals surface area contributed by atoms with Crippen molar-refractivity contribution in [1.29, 1.82) is 0 Å². The second kappa shape index (κ2) is 23.3. The minimum atomic E-state index is -2.19. The lowest BCUT2D eigenvalue weighted by atomic mass is 9.78. The first-order chi connectivity index (χ1) is 39.2. The van der Waals surface area contributed by atoms with Gasteiger partial charge < -0.3 is 64.4 Å². The van der Waals surface area contributed by atoms with Crippen LogP contribution < -0.4 is 25.7 Å². The number of pyridine rings is 1. The fraction of sp³-hybridized carbons (Fsp3) is 0.500. The zero-order valence-electron chi connectivity index (χ0n) is 47.5. The number of amides is 2. The highest BCUT2D eigenvalue weighted by atomic mass is 35.5. The summed E-state index contributed by atoms with van der Waals surface area (Å²) in [6.07, 6.45) is 6.37. The van der Waals surface area contributed by atoms with Crippen molar-refractivity contribution in [2.45, 2.75) is 130 Å². The molecule has 2 aromatic carbocycles. The summed E-state index contributed by atoms with van der Waals surface area (Å²) < 4.78 is 41.4. The zero-order chi connectivity index (χ0) is 60.4. The second-order valence-electron chi connectivity index (χ2n) is 22.9. The van der Waals surface area contributed by atoms with Crippen molar-refractivity contribution in [1.82, 2.24) is 20.1 Å². The smallest absolute Gasteiger partial charge is 0.341 e. The molecule has 5 bridgehead atoms. The van der Waals surface area contributed by atoms with Crippen molar-refractivity contribution >= 4 is 69.3 Å². The first kappa shape index (κ1) is 60.2. The number of aromatic nitrogens is 1. The van der Waals surface area contributed by atoms with Crippen LogP contribution in [0.15, 0.2) is 64.6 Å². The number of methoxy groups -OCH3 is 1. The molecule has 6 N–H and O–H groups in total. The van der Waals surface area contributed by atoms with E-state index in [9.17, 15) is 49.2 Å². The molecule has 3 fully saturated rings. The van der Waals surface area contributed by atoms with Crippen LogP contribution in [-0.2, 0) is 28.6 Å². The summed E-state index contributed by atoms with van der Waals surface area (Å²) in [4.78, 5) is 114. The Morgan fingerprint density at radius 2 is 1.57 bits per heavy atom. The van der Waals surface area contributed by atoms with E-state index < -0.39 is 140 Å². The van der Waals surface area contributed by atoms with Crippen molar-refractivity contribution in [3.63, 3.8) is 0 Å². The number of carbonyl (C=O) groups is 7. The number of aliphatic hydroxyl groups excluding tert-OH is 2. The van der Waals surface area contributed by atoms with Gasteiger partial charge in [0.2, 0.25) is 22.9 Å². The number of hydrogen-bond donors (Lipinski definition) is 6. The van der Waals surface area contributed by atoms with Crippen LogP contribution in [0.2, 0.25) is 5.02 Å². The van der Waals surface area contributed by atoms with E-state index in [0.29, 0.717) is 6.42 Å².